The molecular weight excluding hydrogens is 380 g/mol. The number of rotatable bonds is 11. The molecule has 3 rings (SSSR count). The van der Waals surface area contributed by atoms with Crippen molar-refractivity contribution in [3.05, 3.63) is 70.8 Å². The molecule has 1 atom stereocenters. The van der Waals surface area contributed by atoms with E-state index in [1.54, 1.807) is 0 Å². The Morgan fingerprint density at radius 2 is 1.71 bits per heavy atom. The first-order chi connectivity index (χ1) is 15.2. The van der Waals surface area contributed by atoms with Crippen LogP contribution in [0.25, 0.3) is 0 Å². The van der Waals surface area contributed by atoms with E-state index in [1.165, 1.54) is 56.7 Å². The van der Waals surface area contributed by atoms with Crippen LogP contribution in [-0.4, -0.2) is 55.6 Å². The van der Waals surface area contributed by atoms with Gasteiger partial charge in [0.15, 0.2) is 0 Å². The molecule has 0 radical (unpaired) electrons. The number of hydrogen-bond donors (Lipinski definition) is 1. The zero-order chi connectivity index (χ0) is 21.9. The zero-order valence-corrected chi connectivity index (χ0v) is 19.3. The topological polar surface area (TPSA) is 42.3 Å². The highest BCUT2D eigenvalue weighted by molar-refractivity contribution is 5.40. The molecule has 1 N–H and O–H groups in total. The number of hydrogen-bond acceptors (Lipinski definition) is 4. The first kappa shape index (κ1) is 23.5. The summed E-state index contributed by atoms with van der Waals surface area (Å²) in [6.45, 7) is 13.4. The normalized spacial score (nSPS) is 16.2. The SMILES string of the molecule is CCC(CCCN1CCN(CCNCc2ccccc2)CC1)c1ccc(C#N)c(C)c1. The standard InChI is InChI=1S/C27H38N4/c1-3-25(26-11-12-27(21-28)23(2)20-26)10-7-14-30-16-18-31(19-17-30)15-13-29-22-24-8-5-4-6-9-24/h4-6,8-9,11-12,20,25,29H,3,7,10,13-19,22H2,1-2H3. The molecule has 4 heteroatoms. The van der Waals surface area contributed by atoms with Crippen LogP contribution in [0.3, 0.4) is 0 Å². The summed E-state index contributed by atoms with van der Waals surface area (Å²) in [5.74, 6) is 0.600. The molecule has 1 heterocycles. The van der Waals surface area contributed by atoms with Crippen molar-refractivity contribution >= 4 is 0 Å². The summed E-state index contributed by atoms with van der Waals surface area (Å²) in [7, 11) is 0. The van der Waals surface area contributed by atoms with Gasteiger partial charge in [-0.25, -0.2) is 0 Å². The van der Waals surface area contributed by atoms with Crippen LogP contribution in [0.15, 0.2) is 48.5 Å². The molecule has 31 heavy (non-hydrogen) atoms. The molecule has 0 bridgehead atoms. The summed E-state index contributed by atoms with van der Waals surface area (Å²) in [6, 6.07) is 19.3. The average Bonchev–Trinajstić information content (AvgIpc) is 2.81. The summed E-state index contributed by atoms with van der Waals surface area (Å²) in [5, 5.41) is 12.7. The summed E-state index contributed by atoms with van der Waals surface area (Å²) in [5.41, 5.74) is 4.65. The van der Waals surface area contributed by atoms with E-state index < -0.39 is 0 Å². The van der Waals surface area contributed by atoms with E-state index in [1.807, 2.05) is 13.0 Å². The van der Waals surface area contributed by atoms with Gasteiger partial charge in [0.25, 0.3) is 0 Å². The second-order valence-electron chi connectivity index (χ2n) is 8.78. The van der Waals surface area contributed by atoms with Crippen LogP contribution in [0.5, 0.6) is 0 Å². The minimum atomic E-state index is 0.600. The average molecular weight is 419 g/mol. The second kappa shape index (κ2) is 12.6. The van der Waals surface area contributed by atoms with Crippen molar-refractivity contribution in [3.63, 3.8) is 0 Å². The van der Waals surface area contributed by atoms with Crippen LogP contribution in [0, 0.1) is 18.3 Å². The molecule has 4 nitrogen and oxygen atoms in total. The van der Waals surface area contributed by atoms with E-state index in [-0.39, 0.29) is 0 Å². The van der Waals surface area contributed by atoms with E-state index in [0.717, 1.165) is 37.2 Å². The highest BCUT2D eigenvalue weighted by Gasteiger charge is 2.17. The predicted molar refractivity (Wildman–Crippen MR) is 129 cm³/mol. The third kappa shape index (κ3) is 7.47. The second-order valence-corrected chi connectivity index (χ2v) is 8.78. The summed E-state index contributed by atoms with van der Waals surface area (Å²) in [6.07, 6.45) is 3.64. The van der Waals surface area contributed by atoms with E-state index in [9.17, 15) is 0 Å². The van der Waals surface area contributed by atoms with E-state index in [2.05, 4.69) is 70.6 Å². The van der Waals surface area contributed by atoms with Crippen molar-refractivity contribution in [2.45, 2.75) is 45.6 Å². The van der Waals surface area contributed by atoms with Crippen LogP contribution < -0.4 is 5.32 Å². The van der Waals surface area contributed by atoms with Gasteiger partial charge in [0.2, 0.25) is 0 Å². The molecule has 1 saturated heterocycles. The fraction of sp³-hybridized carbons (Fsp3) is 0.519. The Balaban J connectivity index is 1.31. The molecule has 166 valence electrons. The third-order valence-electron chi connectivity index (χ3n) is 6.60. The Morgan fingerprint density at radius 3 is 2.35 bits per heavy atom. The maximum atomic E-state index is 9.15. The number of benzene rings is 2. The van der Waals surface area contributed by atoms with Crippen molar-refractivity contribution in [1.29, 1.82) is 5.26 Å². The minimum Gasteiger partial charge on any atom is -0.311 e. The predicted octanol–water partition coefficient (Wildman–Crippen LogP) is 4.55. The molecule has 1 fully saturated rings. The Hall–Kier alpha value is -2.19. The quantitative estimate of drug-likeness (QED) is 0.544. The lowest BCUT2D eigenvalue weighted by Gasteiger charge is -2.35. The lowest BCUT2D eigenvalue weighted by atomic mass is 9.90. The van der Waals surface area contributed by atoms with Gasteiger partial charge in [-0.1, -0.05) is 49.4 Å². The lowest BCUT2D eigenvalue weighted by Crippen LogP contribution is -2.48. The van der Waals surface area contributed by atoms with Crippen molar-refractivity contribution < 1.29 is 0 Å². The molecule has 1 unspecified atom stereocenters. The molecule has 0 aromatic heterocycles. The molecule has 0 amide bonds. The Kier molecular flexibility index (Phi) is 9.55. The first-order valence-corrected chi connectivity index (χ1v) is 11.9. The van der Waals surface area contributed by atoms with E-state index in [0.29, 0.717) is 5.92 Å². The number of nitrogens with zero attached hydrogens (tertiary/aromatic N) is 3. The molecule has 2 aromatic rings. The van der Waals surface area contributed by atoms with Crippen LogP contribution in [-0.2, 0) is 6.54 Å². The molecule has 0 spiro atoms. The number of piperazine rings is 1. The van der Waals surface area contributed by atoms with Gasteiger partial charge in [0, 0.05) is 45.8 Å². The van der Waals surface area contributed by atoms with Crippen LogP contribution >= 0.6 is 0 Å². The fourth-order valence-electron chi connectivity index (χ4n) is 4.54. The fourth-order valence-corrected chi connectivity index (χ4v) is 4.54. The molecule has 1 aliphatic rings. The van der Waals surface area contributed by atoms with Crippen LogP contribution in [0.2, 0.25) is 0 Å². The number of nitrogens with one attached hydrogen (secondary N) is 1. The monoisotopic (exact) mass is 418 g/mol. The Morgan fingerprint density at radius 1 is 1.00 bits per heavy atom. The summed E-state index contributed by atoms with van der Waals surface area (Å²) in [4.78, 5) is 5.22. The highest BCUT2D eigenvalue weighted by atomic mass is 15.3. The van der Waals surface area contributed by atoms with Crippen molar-refractivity contribution in [2.24, 2.45) is 0 Å². The minimum absolute atomic E-state index is 0.600. The van der Waals surface area contributed by atoms with Crippen LogP contribution in [0.4, 0.5) is 0 Å². The van der Waals surface area contributed by atoms with Gasteiger partial charge in [-0.3, -0.25) is 4.90 Å². The molecule has 2 aromatic carbocycles. The van der Waals surface area contributed by atoms with Gasteiger partial charge >= 0.3 is 0 Å². The Labute approximate surface area is 188 Å². The largest absolute Gasteiger partial charge is 0.311 e. The lowest BCUT2D eigenvalue weighted by molar-refractivity contribution is 0.131. The third-order valence-corrected chi connectivity index (χ3v) is 6.60. The van der Waals surface area contributed by atoms with Gasteiger partial charge in [0.05, 0.1) is 11.6 Å². The van der Waals surface area contributed by atoms with Crippen LogP contribution in [0.1, 0.15) is 54.4 Å². The zero-order valence-electron chi connectivity index (χ0n) is 19.3. The maximum absolute atomic E-state index is 9.15. The highest BCUT2D eigenvalue weighted by Crippen LogP contribution is 2.26. The molecule has 1 aliphatic heterocycles. The molecule has 0 aliphatic carbocycles. The molecular formula is C27H38N4. The molecule has 0 saturated carbocycles. The van der Waals surface area contributed by atoms with Crippen molar-refractivity contribution in [1.82, 2.24) is 15.1 Å². The van der Waals surface area contributed by atoms with Gasteiger partial charge in [-0.15, -0.1) is 0 Å². The Bertz CT molecular complexity index is 819. The smallest absolute Gasteiger partial charge is 0.0994 e. The maximum Gasteiger partial charge on any atom is 0.0994 e. The van der Waals surface area contributed by atoms with E-state index in [4.69, 9.17) is 5.26 Å². The first-order valence-electron chi connectivity index (χ1n) is 11.9. The van der Waals surface area contributed by atoms with Gasteiger partial charge < -0.3 is 10.2 Å². The van der Waals surface area contributed by atoms with Crippen molar-refractivity contribution in [3.8, 4) is 6.07 Å². The number of nitriles is 1. The van der Waals surface area contributed by atoms with Crippen molar-refractivity contribution in [2.75, 3.05) is 45.8 Å². The van der Waals surface area contributed by atoms with E-state index >= 15 is 0 Å². The number of aryl methyl sites for hydroxylation is 1. The van der Waals surface area contributed by atoms with Gasteiger partial charge in [-0.05, 0) is 61.4 Å². The van der Waals surface area contributed by atoms with Gasteiger partial charge in [-0.2, -0.15) is 5.26 Å². The van der Waals surface area contributed by atoms with Gasteiger partial charge in [0.1, 0.15) is 0 Å². The summed E-state index contributed by atoms with van der Waals surface area (Å²) < 4.78 is 0. The summed E-state index contributed by atoms with van der Waals surface area (Å²) >= 11 is 0.